The average Bonchev–Trinajstić information content (AvgIpc) is 2.59. The van der Waals surface area contributed by atoms with Crippen LogP contribution in [0.25, 0.3) is 0 Å². The van der Waals surface area contributed by atoms with Crippen molar-refractivity contribution in [1.29, 1.82) is 0 Å². The van der Waals surface area contributed by atoms with Gasteiger partial charge in [0.05, 0.1) is 5.41 Å². The second-order valence-electron chi connectivity index (χ2n) is 5.12. The van der Waals surface area contributed by atoms with Crippen LogP contribution in [-0.2, 0) is 4.79 Å². The summed E-state index contributed by atoms with van der Waals surface area (Å²) < 4.78 is 0. The van der Waals surface area contributed by atoms with Crippen molar-refractivity contribution in [2.75, 3.05) is 19.6 Å². The summed E-state index contributed by atoms with van der Waals surface area (Å²) in [5, 5.41) is 2.99. The Morgan fingerprint density at radius 3 is 2.93 bits per heavy atom. The van der Waals surface area contributed by atoms with Gasteiger partial charge in [-0.05, 0) is 39.2 Å². The molecule has 0 bridgehead atoms. The number of hydrogen-bond donors (Lipinski definition) is 1. The highest BCUT2D eigenvalue weighted by Crippen LogP contribution is 2.37. The molecule has 2 rings (SSSR count). The number of rotatable bonds is 2. The van der Waals surface area contributed by atoms with Crippen molar-refractivity contribution in [1.82, 2.24) is 10.2 Å². The number of carbonyl (C=O) groups excluding carboxylic acids is 1. The first-order valence-corrected chi connectivity index (χ1v) is 6.20. The predicted octanol–water partition coefficient (Wildman–Crippen LogP) is 1.39. The van der Waals surface area contributed by atoms with E-state index in [1.807, 2.05) is 0 Å². The van der Waals surface area contributed by atoms with Crippen LogP contribution in [0.3, 0.4) is 0 Å². The zero-order chi connectivity index (χ0) is 10.9. The van der Waals surface area contributed by atoms with E-state index in [2.05, 4.69) is 24.1 Å². The van der Waals surface area contributed by atoms with Gasteiger partial charge in [0.25, 0.3) is 0 Å². The lowest BCUT2D eigenvalue weighted by molar-refractivity contribution is -0.131. The van der Waals surface area contributed by atoms with E-state index >= 15 is 0 Å². The minimum Gasteiger partial charge on any atom is -0.356 e. The quantitative estimate of drug-likeness (QED) is 0.747. The lowest BCUT2D eigenvalue weighted by Crippen LogP contribution is -2.49. The summed E-state index contributed by atoms with van der Waals surface area (Å²) in [7, 11) is 0. The molecule has 2 atom stereocenters. The van der Waals surface area contributed by atoms with Gasteiger partial charge in [-0.25, -0.2) is 0 Å². The van der Waals surface area contributed by atoms with Gasteiger partial charge in [-0.3, -0.25) is 9.69 Å². The van der Waals surface area contributed by atoms with Gasteiger partial charge in [-0.2, -0.15) is 0 Å². The maximum absolute atomic E-state index is 11.9. The molecule has 0 radical (unpaired) electrons. The van der Waals surface area contributed by atoms with Gasteiger partial charge in [0.15, 0.2) is 0 Å². The minimum atomic E-state index is -0.0400. The van der Waals surface area contributed by atoms with Crippen LogP contribution in [0.5, 0.6) is 0 Å². The van der Waals surface area contributed by atoms with E-state index in [1.165, 1.54) is 19.4 Å². The Bertz CT molecular complexity index is 254. The summed E-state index contributed by atoms with van der Waals surface area (Å²) in [4.78, 5) is 14.4. The summed E-state index contributed by atoms with van der Waals surface area (Å²) in [5.74, 6) is 0.301. The molecule has 3 nitrogen and oxygen atoms in total. The molecule has 2 unspecified atom stereocenters. The van der Waals surface area contributed by atoms with Gasteiger partial charge in [-0.15, -0.1) is 0 Å². The summed E-state index contributed by atoms with van der Waals surface area (Å²) >= 11 is 0. The zero-order valence-corrected chi connectivity index (χ0v) is 9.88. The minimum absolute atomic E-state index is 0.0400. The molecule has 2 heterocycles. The first-order valence-electron chi connectivity index (χ1n) is 6.20. The number of carbonyl (C=O) groups is 1. The molecule has 2 aliphatic rings. The molecule has 0 saturated carbocycles. The van der Waals surface area contributed by atoms with Gasteiger partial charge in [0.2, 0.25) is 5.91 Å². The second kappa shape index (κ2) is 4.12. The molecule has 15 heavy (non-hydrogen) atoms. The SMILES string of the molecule is CCC(C)N1CCCC2(CCNC2=O)C1. The summed E-state index contributed by atoms with van der Waals surface area (Å²) in [6, 6.07) is 0.621. The monoisotopic (exact) mass is 210 g/mol. The third-order valence-electron chi connectivity index (χ3n) is 4.19. The number of amides is 1. The third-order valence-corrected chi connectivity index (χ3v) is 4.19. The van der Waals surface area contributed by atoms with Crippen LogP contribution in [0.1, 0.15) is 39.5 Å². The van der Waals surface area contributed by atoms with Crippen molar-refractivity contribution < 1.29 is 4.79 Å². The van der Waals surface area contributed by atoms with Gasteiger partial charge < -0.3 is 5.32 Å². The van der Waals surface area contributed by atoms with E-state index in [0.717, 1.165) is 25.9 Å². The summed E-state index contributed by atoms with van der Waals surface area (Å²) in [6.45, 7) is 7.53. The number of nitrogens with zero attached hydrogens (tertiary/aromatic N) is 1. The molecular weight excluding hydrogens is 188 g/mol. The molecule has 0 aromatic carbocycles. The maximum atomic E-state index is 11.9. The Labute approximate surface area is 92.2 Å². The Morgan fingerprint density at radius 1 is 1.53 bits per heavy atom. The number of likely N-dealkylation sites (tertiary alicyclic amines) is 1. The van der Waals surface area contributed by atoms with Crippen LogP contribution in [-0.4, -0.2) is 36.5 Å². The van der Waals surface area contributed by atoms with Crippen LogP contribution in [0, 0.1) is 5.41 Å². The van der Waals surface area contributed by atoms with Crippen LogP contribution in [0.2, 0.25) is 0 Å². The molecule has 1 amide bonds. The van der Waals surface area contributed by atoms with Gasteiger partial charge in [0, 0.05) is 19.1 Å². The first kappa shape index (κ1) is 10.9. The Kier molecular flexibility index (Phi) is 3.01. The highest BCUT2D eigenvalue weighted by molar-refractivity contribution is 5.85. The van der Waals surface area contributed by atoms with Crippen molar-refractivity contribution in [2.45, 2.75) is 45.6 Å². The van der Waals surface area contributed by atoms with E-state index in [0.29, 0.717) is 11.9 Å². The summed E-state index contributed by atoms with van der Waals surface area (Å²) in [5.41, 5.74) is -0.0400. The lowest BCUT2D eigenvalue weighted by Gasteiger charge is -2.41. The second-order valence-corrected chi connectivity index (χ2v) is 5.12. The van der Waals surface area contributed by atoms with E-state index < -0.39 is 0 Å². The van der Waals surface area contributed by atoms with E-state index in [1.54, 1.807) is 0 Å². The average molecular weight is 210 g/mol. The van der Waals surface area contributed by atoms with Crippen molar-refractivity contribution in [3.05, 3.63) is 0 Å². The maximum Gasteiger partial charge on any atom is 0.227 e. The Balaban J connectivity index is 2.06. The molecular formula is C12H22N2O. The van der Waals surface area contributed by atoms with Crippen molar-refractivity contribution >= 4 is 5.91 Å². The summed E-state index contributed by atoms with van der Waals surface area (Å²) in [6.07, 6.45) is 4.49. The Morgan fingerprint density at radius 2 is 2.33 bits per heavy atom. The third kappa shape index (κ3) is 1.89. The van der Waals surface area contributed by atoms with Crippen molar-refractivity contribution in [3.63, 3.8) is 0 Å². The Hall–Kier alpha value is -0.570. The molecule has 3 heteroatoms. The fraction of sp³-hybridized carbons (Fsp3) is 0.917. The lowest BCUT2D eigenvalue weighted by atomic mass is 9.78. The molecule has 2 fully saturated rings. The normalized spacial score (nSPS) is 34.4. The standard InChI is InChI=1S/C12H22N2O/c1-3-10(2)14-8-4-5-12(9-14)6-7-13-11(12)15/h10H,3-9H2,1-2H3,(H,13,15). The highest BCUT2D eigenvalue weighted by Gasteiger charge is 2.45. The first-order chi connectivity index (χ1) is 7.18. The molecule has 2 saturated heterocycles. The molecule has 0 aliphatic carbocycles. The molecule has 86 valence electrons. The molecule has 1 spiro atoms. The van der Waals surface area contributed by atoms with Crippen LogP contribution >= 0.6 is 0 Å². The zero-order valence-electron chi connectivity index (χ0n) is 9.88. The van der Waals surface area contributed by atoms with E-state index in [9.17, 15) is 4.79 Å². The van der Waals surface area contributed by atoms with E-state index in [-0.39, 0.29) is 5.41 Å². The topological polar surface area (TPSA) is 32.3 Å². The molecule has 1 N–H and O–H groups in total. The van der Waals surface area contributed by atoms with Crippen molar-refractivity contribution in [2.24, 2.45) is 5.41 Å². The number of nitrogens with one attached hydrogen (secondary N) is 1. The predicted molar refractivity (Wildman–Crippen MR) is 60.6 cm³/mol. The van der Waals surface area contributed by atoms with Gasteiger partial charge in [0.1, 0.15) is 0 Å². The fourth-order valence-corrected chi connectivity index (χ4v) is 2.91. The van der Waals surface area contributed by atoms with Gasteiger partial charge in [-0.1, -0.05) is 6.92 Å². The van der Waals surface area contributed by atoms with E-state index in [4.69, 9.17) is 0 Å². The number of hydrogen-bond acceptors (Lipinski definition) is 2. The molecule has 0 aromatic rings. The smallest absolute Gasteiger partial charge is 0.227 e. The van der Waals surface area contributed by atoms with Crippen LogP contribution in [0.4, 0.5) is 0 Å². The molecule has 2 aliphatic heterocycles. The highest BCUT2D eigenvalue weighted by atomic mass is 16.2. The van der Waals surface area contributed by atoms with Crippen molar-refractivity contribution in [3.8, 4) is 0 Å². The fourth-order valence-electron chi connectivity index (χ4n) is 2.91. The number of piperidine rings is 1. The van der Waals surface area contributed by atoms with Gasteiger partial charge >= 0.3 is 0 Å². The van der Waals surface area contributed by atoms with Crippen LogP contribution in [0.15, 0.2) is 0 Å². The molecule has 0 aromatic heterocycles. The van der Waals surface area contributed by atoms with Crippen LogP contribution < -0.4 is 5.32 Å². The largest absolute Gasteiger partial charge is 0.356 e.